The van der Waals surface area contributed by atoms with Crippen LogP contribution in [0.5, 0.6) is 0 Å². The normalized spacial score (nSPS) is 11.4. The minimum atomic E-state index is -3.33. The molecule has 0 rings (SSSR count). The van der Waals surface area contributed by atoms with Gasteiger partial charge in [-0.2, -0.15) is 0 Å². The zero-order chi connectivity index (χ0) is 12.4. The Morgan fingerprint density at radius 1 is 1.38 bits per heavy atom. The van der Waals surface area contributed by atoms with Crippen molar-refractivity contribution in [3.05, 3.63) is 0 Å². The molecule has 1 amide bonds. The number of amides is 1. The summed E-state index contributed by atoms with van der Waals surface area (Å²) in [5.74, 6) is -0.342. The molecule has 0 fully saturated rings. The number of nitrogens with one attached hydrogen (secondary N) is 2. The molecule has 7 nitrogen and oxygen atoms in total. The highest BCUT2D eigenvalue weighted by atomic mass is 32.2. The van der Waals surface area contributed by atoms with E-state index in [9.17, 15) is 13.2 Å². The molecule has 4 N–H and O–H groups in total. The first-order valence-corrected chi connectivity index (χ1v) is 6.60. The maximum Gasteiger partial charge on any atom is 0.221 e. The van der Waals surface area contributed by atoms with Crippen molar-refractivity contribution < 1.29 is 17.9 Å². The molecular weight excluding hydrogens is 234 g/mol. The van der Waals surface area contributed by atoms with Crippen molar-refractivity contribution >= 4 is 15.9 Å². The van der Waals surface area contributed by atoms with Gasteiger partial charge in [-0.05, 0) is 0 Å². The maximum atomic E-state index is 11.1. The molecule has 0 aromatic rings. The summed E-state index contributed by atoms with van der Waals surface area (Å²) >= 11 is 0. The highest BCUT2D eigenvalue weighted by Crippen LogP contribution is 1.84. The minimum Gasteiger partial charge on any atom is -0.383 e. The molecule has 0 aromatic carbocycles. The van der Waals surface area contributed by atoms with Gasteiger partial charge >= 0.3 is 0 Å². The summed E-state index contributed by atoms with van der Waals surface area (Å²) in [7, 11) is -1.80. The van der Waals surface area contributed by atoms with E-state index in [1.54, 1.807) is 0 Å². The van der Waals surface area contributed by atoms with Crippen LogP contribution in [0.25, 0.3) is 0 Å². The maximum absolute atomic E-state index is 11.1. The first-order chi connectivity index (χ1) is 7.52. The van der Waals surface area contributed by atoms with Crippen LogP contribution in [0, 0.1) is 0 Å². The molecule has 0 saturated carbocycles. The molecule has 0 aliphatic carbocycles. The van der Waals surface area contributed by atoms with Crippen LogP contribution >= 0.6 is 0 Å². The van der Waals surface area contributed by atoms with Gasteiger partial charge in [-0.1, -0.05) is 0 Å². The summed E-state index contributed by atoms with van der Waals surface area (Å²) in [6.45, 7) is 1.01. The second-order valence-electron chi connectivity index (χ2n) is 3.09. The molecule has 0 atom stereocenters. The van der Waals surface area contributed by atoms with Crippen LogP contribution < -0.4 is 15.8 Å². The van der Waals surface area contributed by atoms with E-state index in [0.717, 1.165) is 0 Å². The van der Waals surface area contributed by atoms with E-state index in [1.807, 2.05) is 0 Å². The van der Waals surface area contributed by atoms with Crippen molar-refractivity contribution in [1.82, 2.24) is 10.0 Å². The van der Waals surface area contributed by atoms with Crippen molar-refractivity contribution in [1.29, 1.82) is 0 Å². The van der Waals surface area contributed by atoms with Gasteiger partial charge in [-0.25, -0.2) is 13.1 Å². The topological polar surface area (TPSA) is 111 Å². The van der Waals surface area contributed by atoms with E-state index in [1.165, 1.54) is 7.11 Å². The van der Waals surface area contributed by atoms with Gasteiger partial charge in [-0.3, -0.25) is 4.79 Å². The number of hydrogen-bond acceptors (Lipinski definition) is 5. The van der Waals surface area contributed by atoms with Crippen molar-refractivity contribution in [2.45, 2.75) is 6.42 Å². The third kappa shape index (κ3) is 8.60. The Morgan fingerprint density at radius 3 is 2.62 bits per heavy atom. The van der Waals surface area contributed by atoms with E-state index >= 15 is 0 Å². The Morgan fingerprint density at radius 2 is 2.06 bits per heavy atom. The first-order valence-electron chi connectivity index (χ1n) is 4.95. The second kappa shape index (κ2) is 8.45. The lowest BCUT2D eigenvalue weighted by Gasteiger charge is -2.06. The van der Waals surface area contributed by atoms with Gasteiger partial charge in [0.05, 0.1) is 12.4 Å². The van der Waals surface area contributed by atoms with Gasteiger partial charge in [0.25, 0.3) is 0 Å². The lowest BCUT2D eigenvalue weighted by Crippen LogP contribution is -2.34. The zero-order valence-corrected chi connectivity index (χ0v) is 10.2. The number of ether oxygens (including phenoxy) is 1. The van der Waals surface area contributed by atoms with Gasteiger partial charge in [0.15, 0.2) is 0 Å². The number of rotatable bonds is 9. The van der Waals surface area contributed by atoms with E-state index in [0.29, 0.717) is 13.2 Å². The fourth-order valence-corrected chi connectivity index (χ4v) is 1.80. The van der Waals surface area contributed by atoms with E-state index in [2.05, 4.69) is 10.0 Å². The van der Waals surface area contributed by atoms with Gasteiger partial charge in [0, 0.05) is 33.2 Å². The standard InChI is InChI=1S/C8H19N3O4S/c1-15-6-5-10-8(12)2-4-11-16(13,14)7-3-9/h11H,2-7,9H2,1H3,(H,10,12). The molecule has 96 valence electrons. The van der Waals surface area contributed by atoms with Crippen molar-refractivity contribution in [3.63, 3.8) is 0 Å². The van der Waals surface area contributed by atoms with Crippen molar-refractivity contribution in [2.75, 3.05) is 39.1 Å². The molecule has 0 radical (unpaired) electrons. The third-order valence-corrected chi connectivity index (χ3v) is 3.11. The summed E-state index contributed by atoms with van der Waals surface area (Å²) in [4.78, 5) is 11.1. The average Bonchev–Trinajstić information content (AvgIpc) is 2.17. The smallest absolute Gasteiger partial charge is 0.221 e. The Hall–Kier alpha value is -0.700. The van der Waals surface area contributed by atoms with Crippen LogP contribution in [0.2, 0.25) is 0 Å². The zero-order valence-electron chi connectivity index (χ0n) is 9.36. The van der Waals surface area contributed by atoms with Crippen molar-refractivity contribution in [3.8, 4) is 0 Å². The summed E-state index contributed by atoms with van der Waals surface area (Å²) in [6, 6.07) is 0. The van der Waals surface area contributed by atoms with Gasteiger partial charge in [0.2, 0.25) is 15.9 Å². The van der Waals surface area contributed by atoms with E-state index in [-0.39, 0.29) is 31.2 Å². The highest BCUT2D eigenvalue weighted by molar-refractivity contribution is 7.89. The molecule has 0 heterocycles. The number of methoxy groups -OCH3 is 1. The number of hydrogen-bond donors (Lipinski definition) is 3. The molecule has 8 heteroatoms. The average molecular weight is 253 g/mol. The lowest BCUT2D eigenvalue weighted by atomic mass is 10.4. The molecule has 0 saturated heterocycles. The SMILES string of the molecule is COCCNC(=O)CCNS(=O)(=O)CCN. The molecule has 0 bridgehead atoms. The number of carbonyl (C=O) groups excluding carboxylic acids is 1. The monoisotopic (exact) mass is 253 g/mol. The largest absolute Gasteiger partial charge is 0.383 e. The quantitative estimate of drug-likeness (QED) is 0.412. The molecule has 0 aromatic heterocycles. The van der Waals surface area contributed by atoms with Gasteiger partial charge in [0.1, 0.15) is 0 Å². The van der Waals surface area contributed by atoms with Crippen LogP contribution in [0.1, 0.15) is 6.42 Å². The van der Waals surface area contributed by atoms with Crippen LogP contribution in [0.15, 0.2) is 0 Å². The van der Waals surface area contributed by atoms with E-state index in [4.69, 9.17) is 10.5 Å². The van der Waals surface area contributed by atoms with E-state index < -0.39 is 10.0 Å². The first kappa shape index (κ1) is 15.3. The molecule has 0 spiro atoms. The minimum absolute atomic E-state index is 0.0648. The fourth-order valence-electron chi connectivity index (χ4n) is 0.928. The highest BCUT2D eigenvalue weighted by Gasteiger charge is 2.08. The lowest BCUT2D eigenvalue weighted by molar-refractivity contribution is -0.121. The van der Waals surface area contributed by atoms with Gasteiger partial charge < -0.3 is 15.8 Å². The summed E-state index contributed by atoms with van der Waals surface area (Å²) in [5, 5.41) is 2.58. The third-order valence-electron chi connectivity index (χ3n) is 1.69. The fraction of sp³-hybridized carbons (Fsp3) is 0.875. The number of carbonyl (C=O) groups is 1. The summed E-state index contributed by atoms with van der Waals surface area (Å²) in [5.41, 5.74) is 5.11. The predicted molar refractivity (Wildman–Crippen MR) is 60.3 cm³/mol. The molecular formula is C8H19N3O4S. The van der Waals surface area contributed by atoms with Crippen LogP contribution in [0.4, 0.5) is 0 Å². The number of nitrogens with two attached hydrogens (primary N) is 1. The van der Waals surface area contributed by atoms with Crippen LogP contribution in [-0.2, 0) is 19.6 Å². The summed E-state index contributed by atoms with van der Waals surface area (Å²) < 4.78 is 29.3. The predicted octanol–water partition coefficient (Wildman–Crippen LogP) is -1.98. The van der Waals surface area contributed by atoms with Crippen LogP contribution in [0.3, 0.4) is 0 Å². The second-order valence-corrected chi connectivity index (χ2v) is 5.02. The molecule has 0 unspecified atom stereocenters. The molecule has 0 aliphatic rings. The van der Waals surface area contributed by atoms with Gasteiger partial charge in [-0.15, -0.1) is 0 Å². The summed E-state index contributed by atoms with van der Waals surface area (Å²) in [6.07, 6.45) is 0.105. The molecule has 0 aliphatic heterocycles. The van der Waals surface area contributed by atoms with Crippen LogP contribution in [-0.4, -0.2) is 53.4 Å². The Kier molecular flexibility index (Phi) is 8.08. The number of sulfonamides is 1. The van der Waals surface area contributed by atoms with Crippen molar-refractivity contribution in [2.24, 2.45) is 5.73 Å². The Balaban J connectivity index is 3.61. The Bertz CT molecular complexity index is 292. The Labute approximate surface area is 95.8 Å². The molecule has 16 heavy (non-hydrogen) atoms.